The fourth-order valence-corrected chi connectivity index (χ4v) is 1.81. The molecule has 94 valence electrons. The number of hydrogen-bond donors (Lipinski definition) is 2. The van der Waals surface area contributed by atoms with Crippen molar-refractivity contribution in [2.24, 2.45) is 11.3 Å². The van der Waals surface area contributed by atoms with E-state index in [9.17, 15) is 5.11 Å². The third-order valence-electron chi connectivity index (χ3n) is 4.03. The molecule has 0 aliphatic heterocycles. The Morgan fingerprint density at radius 3 is 2.19 bits per heavy atom. The molecule has 0 aliphatic carbocycles. The quantitative estimate of drug-likeness (QED) is 0.539. The number of hydrogen-bond acceptors (Lipinski definition) is 2. The summed E-state index contributed by atoms with van der Waals surface area (Å²) in [4.78, 5) is 0. The van der Waals surface area contributed by atoms with Gasteiger partial charge in [-0.3, -0.25) is 0 Å². The molecule has 2 nitrogen and oxygen atoms in total. The molecule has 0 heterocycles. The average molecular weight is 226 g/mol. The molecule has 0 bridgehead atoms. The molecule has 0 fully saturated rings. The Labute approximate surface area is 100 Å². The molecule has 0 aromatic heterocycles. The van der Waals surface area contributed by atoms with Gasteiger partial charge in [-0.15, -0.1) is 0 Å². The molecule has 0 saturated carbocycles. The van der Waals surface area contributed by atoms with Crippen molar-refractivity contribution in [2.75, 3.05) is 0 Å². The standard InChI is InChI=1S/C14H26O2/c1-6-7-8-9-12(2)13(3,4)14(5,16)10-11-15/h12,15-16H,6-9H2,1-5H3/t12-,14-/m1/s1. The van der Waals surface area contributed by atoms with E-state index in [1.165, 1.54) is 19.3 Å². The minimum absolute atomic E-state index is 0.323. The van der Waals surface area contributed by atoms with Crippen LogP contribution in [0, 0.1) is 23.4 Å². The normalized spacial score (nSPS) is 17.1. The largest absolute Gasteiger partial charge is 0.462 e. The molecule has 2 heteroatoms. The fourth-order valence-electron chi connectivity index (χ4n) is 1.81. The predicted octanol–water partition coefficient (Wildman–Crippen LogP) is 3.31. The van der Waals surface area contributed by atoms with Gasteiger partial charge in [-0.1, -0.05) is 53.4 Å². The molecule has 0 aromatic carbocycles. The van der Waals surface area contributed by atoms with E-state index < -0.39 is 5.60 Å². The summed E-state index contributed by atoms with van der Waals surface area (Å²) in [6.07, 6.45) is 6.55. The van der Waals surface area contributed by atoms with Gasteiger partial charge in [-0.25, -0.2) is 0 Å². The second kappa shape index (κ2) is 6.15. The van der Waals surface area contributed by atoms with E-state index in [-0.39, 0.29) is 5.41 Å². The number of rotatable bonds is 6. The Morgan fingerprint density at radius 1 is 1.19 bits per heavy atom. The van der Waals surface area contributed by atoms with Crippen molar-refractivity contribution < 1.29 is 10.2 Å². The Balaban J connectivity index is 4.55. The van der Waals surface area contributed by atoms with Crippen LogP contribution in [0.3, 0.4) is 0 Å². The van der Waals surface area contributed by atoms with Crippen LogP contribution in [0.4, 0.5) is 0 Å². The highest BCUT2D eigenvalue weighted by molar-refractivity contribution is 5.14. The first kappa shape index (κ1) is 15.3. The van der Waals surface area contributed by atoms with Crippen LogP contribution in [0.15, 0.2) is 0 Å². The van der Waals surface area contributed by atoms with E-state index in [2.05, 4.69) is 19.8 Å². The van der Waals surface area contributed by atoms with E-state index in [1.807, 2.05) is 20.0 Å². The van der Waals surface area contributed by atoms with Crippen LogP contribution in [-0.2, 0) is 0 Å². The van der Waals surface area contributed by atoms with Crippen LogP contribution in [0.2, 0.25) is 0 Å². The molecule has 0 unspecified atom stereocenters. The average Bonchev–Trinajstić information content (AvgIpc) is 2.17. The van der Waals surface area contributed by atoms with Crippen LogP contribution in [0.5, 0.6) is 0 Å². The highest BCUT2D eigenvalue weighted by atomic mass is 16.3. The maximum absolute atomic E-state index is 10.2. The smallest absolute Gasteiger partial charge is 0.131 e. The van der Waals surface area contributed by atoms with Crippen LogP contribution in [0.1, 0.15) is 60.3 Å². The molecule has 0 spiro atoms. The van der Waals surface area contributed by atoms with Crippen molar-refractivity contribution in [3.63, 3.8) is 0 Å². The lowest BCUT2D eigenvalue weighted by molar-refractivity contribution is -0.0356. The molecule has 2 atom stereocenters. The lowest BCUT2D eigenvalue weighted by atomic mass is 9.66. The first-order valence-corrected chi connectivity index (χ1v) is 6.18. The Hall–Kier alpha value is -0.680. The number of aliphatic hydroxyl groups is 2. The summed E-state index contributed by atoms with van der Waals surface area (Å²) in [5, 5.41) is 18.9. The summed E-state index contributed by atoms with van der Waals surface area (Å²) in [6.45, 7) is 10.0. The van der Waals surface area contributed by atoms with Crippen LogP contribution >= 0.6 is 0 Å². The molecule has 16 heavy (non-hydrogen) atoms. The lowest BCUT2D eigenvalue weighted by Crippen LogP contribution is -2.45. The van der Waals surface area contributed by atoms with E-state index >= 15 is 0 Å². The first-order chi connectivity index (χ1) is 7.29. The summed E-state index contributed by atoms with van der Waals surface area (Å²) in [6, 6.07) is 0. The Bertz CT molecular complexity index is 256. The summed E-state index contributed by atoms with van der Waals surface area (Å²) in [7, 11) is 0. The van der Waals surface area contributed by atoms with Gasteiger partial charge in [0.25, 0.3) is 0 Å². The van der Waals surface area contributed by atoms with Gasteiger partial charge >= 0.3 is 0 Å². The minimum Gasteiger partial charge on any atom is -0.462 e. The minimum atomic E-state index is -1.15. The summed E-state index contributed by atoms with van der Waals surface area (Å²) in [5.74, 6) is 2.86. The predicted molar refractivity (Wildman–Crippen MR) is 67.4 cm³/mol. The Morgan fingerprint density at radius 2 is 1.75 bits per heavy atom. The lowest BCUT2D eigenvalue weighted by Gasteiger charge is -2.41. The van der Waals surface area contributed by atoms with Gasteiger partial charge < -0.3 is 10.2 Å². The molecule has 0 aliphatic rings. The SMILES string of the molecule is CCCCC[C@@H](C)C(C)(C)[C@](C)(O)C#CO. The molecule has 0 aromatic rings. The number of aliphatic hydroxyl groups excluding tert-OH is 1. The van der Waals surface area contributed by atoms with Gasteiger partial charge in [-0.2, -0.15) is 0 Å². The van der Waals surface area contributed by atoms with Gasteiger partial charge in [-0.05, 0) is 18.8 Å². The fraction of sp³-hybridized carbons (Fsp3) is 0.857. The summed E-state index contributed by atoms with van der Waals surface area (Å²) >= 11 is 0. The highest BCUT2D eigenvalue weighted by Crippen LogP contribution is 2.40. The van der Waals surface area contributed by atoms with Gasteiger partial charge in [0.1, 0.15) is 11.7 Å². The van der Waals surface area contributed by atoms with Crippen molar-refractivity contribution >= 4 is 0 Å². The van der Waals surface area contributed by atoms with Crippen molar-refractivity contribution in [3.8, 4) is 12.0 Å². The molecule has 0 saturated heterocycles. The van der Waals surface area contributed by atoms with Crippen molar-refractivity contribution in [1.29, 1.82) is 0 Å². The zero-order chi connectivity index (χ0) is 12.8. The zero-order valence-corrected chi connectivity index (χ0v) is 11.3. The maximum Gasteiger partial charge on any atom is 0.131 e. The van der Waals surface area contributed by atoms with E-state index in [0.717, 1.165) is 6.42 Å². The van der Waals surface area contributed by atoms with Crippen molar-refractivity contribution in [2.45, 2.75) is 65.9 Å². The van der Waals surface area contributed by atoms with Crippen LogP contribution < -0.4 is 0 Å². The molecule has 0 radical (unpaired) electrons. The second-order valence-corrected chi connectivity index (χ2v) is 5.43. The first-order valence-electron chi connectivity index (χ1n) is 6.18. The summed E-state index contributed by atoms with van der Waals surface area (Å²) < 4.78 is 0. The second-order valence-electron chi connectivity index (χ2n) is 5.43. The summed E-state index contributed by atoms with van der Waals surface area (Å²) in [5.41, 5.74) is -1.47. The monoisotopic (exact) mass is 226 g/mol. The van der Waals surface area contributed by atoms with E-state index in [4.69, 9.17) is 5.11 Å². The third-order valence-corrected chi connectivity index (χ3v) is 4.03. The van der Waals surface area contributed by atoms with Gasteiger partial charge in [0, 0.05) is 5.41 Å². The molecule has 2 N–H and O–H groups in total. The highest BCUT2D eigenvalue weighted by Gasteiger charge is 2.42. The van der Waals surface area contributed by atoms with Gasteiger partial charge in [0.15, 0.2) is 0 Å². The van der Waals surface area contributed by atoms with Crippen LogP contribution in [-0.4, -0.2) is 15.8 Å². The molecular formula is C14H26O2. The van der Waals surface area contributed by atoms with E-state index in [0.29, 0.717) is 5.92 Å². The van der Waals surface area contributed by atoms with Crippen molar-refractivity contribution in [1.82, 2.24) is 0 Å². The Kier molecular flexibility index (Phi) is 5.89. The van der Waals surface area contributed by atoms with Gasteiger partial charge in [0.2, 0.25) is 0 Å². The molecular weight excluding hydrogens is 200 g/mol. The molecule has 0 rings (SSSR count). The zero-order valence-electron chi connectivity index (χ0n) is 11.3. The van der Waals surface area contributed by atoms with E-state index in [1.54, 1.807) is 6.92 Å². The molecule has 0 amide bonds. The van der Waals surface area contributed by atoms with Gasteiger partial charge in [0.05, 0.1) is 0 Å². The van der Waals surface area contributed by atoms with Crippen LogP contribution in [0.25, 0.3) is 0 Å². The third kappa shape index (κ3) is 3.72. The van der Waals surface area contributed by atoms with Crippen molar-refractivity contribution in [3.05, 3.63) is 0 Å². The maximum atomic E-state index is 10.2. The number of unbranched alkanes of at least 4 members (excludes halogenated alkanes) is 2. The topological polar surface area (TPSA) is 40.5 Å².